The van der Waals surface area contributed by atoms with Gasteiger partial charge < -0.3 is 4.74 Å². The first-order valence-corrected chi connectivity index (χ1v) is 2.07. The maximum atomic E-state index is 9.61. The quantitative estimate of drug-likeness (QED) is 0.460. The second-order valence-electron chi connectivity index (χ2n) is 1.34. The van der Waals surface area contributed by atoms with Crippen LogP contribution in [-0.2, 0) is 4.74 Å². The van der Waals surface area contributed by atoms with Gasteiger partial charge in [0.1, 0.15) is 0 Å². The highest BCUT2D eigenvalue weighted by Crippen LogP contribution is 1.92. The van der Waals surface area contributed by atoms with Crippen LogP contribution in [-0.4, -0.2) is 19.5 Å². The van der Waals surface area contributed by atoms with Crippen molar-refractivity contribution in [1.82, 2.24) is 5.32 Å². The molecule has 1 aliphatic heterocycles. The Morgan fingerprint density at radius 1 is 1.86 bits per heavy atom. The van der Waals surface area contributed by atoms with Gasteiger partial charge in [-0.15, -0.1) is 4.91 Å². The molecule has 1 saturated heterocycles. The second kappa shape index (κ2) is 1.99. The van der Waals surface area contributed by atoms with Crippen LogP contribution in [0.3, 0.4) is 0 Å². The molecule has 1 atom stereocenters. The van der Waals surface area contributed by atoms with Crippen LogP contribution in [0.15, 0.2) is 5.18 Å². The average molecular weight is 102 g/mol. The molecule has 0 aromatic carbocycles. The van der Waals surface area contributed by atoms with Gasteiger partial charge in [0.2, 0.25) is 0 Å². The fraction of sp³-hybridized carbons (Fsp3) is 1.00. The van der Waals surface area contributed by atoms with Crippen molar-refractivity contribution in [2.75, 3.05) is 13.3 Å². The zero-order valence-corrected chi connectivity index (χ0v) is 3.76. The molecule has 4 heteroatoms. The molecule has 0 bridgehead atoms. The van der Waals surface area contributed by atoms with Crippen molar-refractivity contribution in [3.63, 3.8) is 0 Å². The summed E-state index contributed by atoms with van der Waals surface area (Å²) in [6.07, 6.45) is -0.306. The van der Waals surface area contributed by atoms with Gasteiger partial charge in [0.05, 0.1) is 13.3 Å². The third-order valence-corrected chi connectivity index (χ3v) is 0.824. The van der Waals surface area contributed by atoms with Crippen molar-refractivity contribution in [2.24, 2.45) is 5.18 Å². The Balaban J connectivity index is 2.26. The van der Waals surface area contributed by atoms with E-state index < -0.39 is 0 Å². The fourth-order valence-corrected chi connectivity index (χ4v) is 0.452. The molecule has 0 radical (unpaired) electrons. The van der Waals surface area contributed by atoms with E-state index in [-0.39, 0.29) is 6.17 Å². The van der Waals surface area contributed by atoms with Gasteiger partial charge in [0.15, 0.2) is 6.17 Å². The lowest BCUT2D eigenvalue weighted by atomic mass is 10.6. The SMILES string of the molecule is O=NC1COCN1. The standard InChI is InChI=1S/C3H6N2O2/c6-5-3-1-7-2-4-3/h3-4H,1-2H2. The van der Waals surface area contributed by atoms with Crippen molar-refractivity contribution in [1.29, 1.82) is 0 Å². The van der Waals surface area contributed by atoms with E-state index in [9.17, 15) is 4.91 Å². The molecule has 1 unspecified atom stereocenters. The predicted molar refractivity (Wildman–Crippen MR) is 23.5 cm³/mol. The van der Waals surface area contributed by atoms with E-state index in [2.05, 4.69) is 10.5 Å². The molecule has 7 heavy (non-hydrogen) atoms. The molecule has 40 valence electrons. The normalized spacial score (nSPS) is 30.6. The summed E-state index contributed by atoms with van der Waals surface area (Å²) in [6, 6.07) is 0. The molecule has 1 heterocycles. The third kappa shape index (κ3) is 0.942. The van der Waals surface area contributed by atoms with Crippen LogP contribution in [0.1, 0.15) is 0 Å². The molecule has 0 aromatic rings. The van der Waals surface area contributed by atoms with E-state index in [0.717, 1.165) is 0 Å². The summed E-state index contributed by atoms with van der Waals surface area (Å²) in [5, 5.41) is 5.41. The molecular formula is C3H6N2O2. The summed E-state index contributed by atoms with van der Waals surface area (Å²) in [6.45, 7) is 0.875. The van der Waals surface area contributed by atoms with E-state index in [1.807, 2.05) is 0 Å². The first-order chi connectivity index (χ1) is 3.43. The Bertz CT molecular complexity index is 69.3. The zero-order valence-electron chi connectivity index (χ0n) is 3.76. The van der Waals surface area contributed by atoms with Crippen molar-refractivity contribution < 1.29 is 4.74 Å². The topological polar surface area (TPSA) is 50.7 Å². The Labute approximate surface area is 40.8 Å². The Morgan fingerprint density at radius 2 is 2.71 bits per heavy atom. The minimum atomic E-state index is -0.306. The van der Waals surface area contributed by atoms with Crippen LogP contribution in [0.2, 0.25) is 0 Å². The smallest absolute Gasteiger partial charge is 0.167 e. The first-order valence-electron chi connectivity index (χ1n) is 2.07. The number of hydrogen-bond acceptors (Lipinski definition) is 4. The lowest BCUT2D eigenvalue weighted by Gasteiger charge is -1.89. The predicted octanol–water partition coefficient (Wildman–Crippen LogP) is -0.344. The highest BCUT2D eigenvalue weighted by atomic mass is 16.5. The van der Waals surface area contributed by atoms with Crippen LogP contribution in [0.25, 0.3) is 0 Å². The highest BCUT2D eigenvalue weighted by Gasteiger charge is 2.12. The van der Waals surface area contributed by atoms with E-state index in [4.69, 9.17) is 4.74 Å². The number of ether oxygens (including phenoxy) is 1. The minimum absolute atomic E-state index is 0.306. The van der Waals surface area contributed by atoms with Crippen molar-refractivity contribution >= 4 is 0 Å². The second-order valence-corrected chi connectivity index (χ2v) is 1.34. The highest BCUT2D eigenvalue weighted by molar-refractivity contribution is 4.63. The first kappa shape index (κ1) is 4.67. The zero-order chi connectivity index (χ0) is 5.11. The van der Waals surface area contributed by atoms with Gasteiger partial charge in [-0.2, -0.15) is 0 Å². The van der Waals surface area contributed by atoms with E-state index in [1.54, 1.807) is 0 Å². The minimum Gasteiger partial charge on any atom is -0.362 e. The van der Waals surface area contributed by atoms with Crippen LogP contribution in [0.5, 0.6) is 0 Å². The van der Waals surface area contributed by atoms with E-state index >= 15 is 0 Å². The van der Waals surface area contributed by atoms with Gasteiger partial charge in [0, 0.05) is 0 Å². The maximum absolute atomic E-state index is 9.61. The lowest BCUT2D eigenvalue weighted by Crippen LogP contribution is -2.19. The summed E-state index contributed by atoms with van der Waals surface area (Å²) in [7, 11) is 0. The molecule has 0 aliphatic carbocycles. The monoisotopic (exact) mass is 102 g/mol. The number of hydrogen-bond donors (Lipinski definition) is 1. The molecule has 0 amide bonds. The average Bonchev–Trinajstić information content (AvgIpc) is 2.14. The van der Waals surface area contributed by atoms with Crippen LogP contribution < -0.4 is 5.32 Å². The lowest BCUT2D eigenvalue weighted by molar-refractivity contribution is 0.190. The Hall–Kier alpha value is -0.480. The number of nitroso groups, excluding NO2 is 1. The molecule has 1 aliphatic rings. The molecule has 0 aromatic heterocycles. The molecule has 1 fully saturated rings. The van der Waals surface area contributed by atoms with Gasteiger partial charge in [-0.25, -0.2) is 0 Å². The van der Waals surface area contributed by atoms with Gasteiger partial charge in [0.25, 0.3) is 0 Å². The molecule has 1 rings (SSSR count). The molecule has 1 N–H and O–H groups in total. The Morgan fingerprint density at radius 3 is 3.00 bits per heavy atom. The summed E-state index contributed by atoms with van der Waals surface area (Å²) < 4.78 is 4.74. The van der Waals surface area contributed by atoms with Gasteiger partial charge >= 0.3 is 0 Å². The van der Waals surface area contributed by atoms with Gasteiger partial charge in [-0.3, -0.25) is 5.32 Å². The molecular weight excluding hydrogens is 96.0 g/mol. The Kier molecular flexibility index (Phi) is 1.33. The fourth-order valence-electron chi connectivity index (χ4n) is 0.452. The summed E-state index contributed by atoms with van der Waals surface area (Å²) in [5.41, 5.74) is 0. The van der Waals surface area contributed by atoms with Crippen molar-refractivity contribution in [2.45, 2.75) is 6.17 Å². The van der Waals surface area contributed by atoms with Crippen molar-refractivity contribution in [3.8, 4) is 0 Å². The van der Waals surface area contributed by atoms with Crippen molar-refractivity contribution in [3.05, 3.63) is 4.91 Å². The molecule has 4 nitrogen and oxygen atoms in total. The third-order valence-electron chi connectivity index (χ3n) is 0.824. The summed E-state index contributed by atoms with van der Waals surface area (Å²) >= 11 is 0. The summed E-state index contributed by atoms with van der Waals surface area (Å²) in [5.74, 6) is 0. The molecule has 0 saturated carbocycles. The van der Waals surface area contributed by atoms with Crippen LogP contribution >= 0.6 is 0 Å². The summed E-state index contributed by atoms with van der Waals surface area (Å²) in [4.78, 5) is 9.61. The number of nitrogens with zero attached hydrogens (tertiary/aromatic N) is 1. The van der Waals surface area contributed by atoms with Gasteiger partial charge in [-0.05, 0) is 5.18 Å². The van der Waals surface area contributed by atoms with Crippen LogP contribution in [0, 0.1) is 4.91 Å². The van der Waals surface area contributed by atoms with E-state index in [0.29, 0.717) is 13.3 Å². The largest absolute Gasteiger partial charge is 0.362 e. The van der Waals surface area contributed by atoms with E-state index in [1.165, 1.54) is 0 Å². The maximum Gasteiger partial charge on any atom is 0.167 e. The number of rotatable bonds is 1. The molecule has 0 spiro atoms. The van der Waals surface area contributed by atoms with Crippen LogP contribution in [0.4, 0.5) is 0 Å². The number of nitrogens with one attached hydrogen (secondary N) is 1. The van der Waals surface area contributed by atoms with Gasteiger partial charge in [-0.1, -0.05) is 0 Å².